The molecule has 0 aromatic heterocycles. The van der Waals surface area contributed by atoms with Crippen molar-refractivity contribution < 1.29 is 13.6 Å². The zero-order valence-corrected chi connectivity index (χ0v) is 12.1. The number of nitrogen functional groups attached to an aromatic ring is 1. The second-order valence-electron chi connectivity index (χ2n) is 4.49. The highest BCUT2D eigenvalue weighted by atomic mass is 32.2. The number of carbonyl (C=O) groups excluding carboxylic acids is 1. The van der Waals surface area contributed by atoms with Crippen LogP contribution in [0.25, 0.3) is 0 Å². The maximum absolute atomic E-state index is 13.0. The van der Waals surface area contributed by atoms with E-state index in [0.717, 1.165) is 22.6 Å². The molecule has 21 heavy (non-hydrogen) atoms. The first-order valence-electron chi connectivity index (χ1n) is 6.19. The van der Waals surface area contributed by atoms with Crippen molar-refractivity contribution in [3.63, 3.8) is 0 Å². The van der Waals surface area contributed by atoms with Gasteiger partial charge >= 0.3 is 0 Å². The summed E-state index contributed by atoms with van der Waals surface area (Å²) in [5.41, 5.74) is 7.54. The second kappa shape index (κ2) is 6.58. The molecule has 0 saturated carbocycles. The number of nitrogens with one attached hydrogen (secondary N) is 1. The van der Waals surface area contributed by atoms with E-state index in [4.69, 9.17) is 5.73 Å². The Labute approximate surface area is 125 Å². The molecule has 2 aromatic rings. The van der Waals surface area contributed by atoms with Crippen LogP contribution < -0.4 is 11.1 Å². The lowest BCUT2D eigenvalue weighted by Crippen LogP contribution is -2.14. The molecule has 0 saturated heterocycles. The van der Waals surface area contributed by atoms with Gasteiger partial charge in [0.25, 0.3) is 0 Å². The van der Waals surface area contributed by atoms with Crippen LogP contribution in [-0.4, -0.2) is 11.7 Å². The predicted octanol–water partition coefficient (Wildman–Crippen LogP) is 3.59. The number of rotatable bonds is 4. The van der Waals surface area contributed by atoms with E-state index in [1.54, 1.807) is 6.07 Å². The van der Waals surface area contributed by atoms with Gasteiger partial charge in [-0.3, -0.25) is 4.79 Å². The summed E-state index contributed by atoms with van der Waals surface area (Å²) in [4.78, 5) is 12.7. The molecule has 0 aliphatic rings. The zero-order chi connectivity index (χ0) is 15.4. The lowest BCUT2D eigenvalue weighted by atomic mass is 10.2. The third kappa shape index (κ3) is 4.19. The number of thioether (sulfide) groups is 1. The molecular weight excluding hydrogens is 294 g/mol. The summed E-state index contributed by atoms with van der Waals surface area (Å²) in [6, 6.07) is 8.68. The first-order chi connectivity index (χ1) is 9.95. The van der Waals surface area contributed by atoms with Crippen LogP contribution >= 0.6 is 11.8 Å². The molecule has 0 aliphatic carbocycles. The van der Waals surface area contributed by atoms with E-state index in [0.29, 0.717) is 5.69 Å². The molecule has 0 spiro atoms. The molecule has 3 nitrogen and oxygen atoms in total. The minimum atomic E-state index is -0.991. The average Bonchev–Trinajstić information content (AvgIpc) is 2.42. The number of nitrogens with two attached hydrogens (primary N) is 1. The number of amides is 1. The third-order valence-corrected chi connectivity index (χ3v) is 3.94. The summed E-state index contributed by atoms with van der Waals surface area (Å²) < 4.78 is 25.8. The summed E-state index contributed by atoms with van der Waals surface area (Å²) in [6.07, 6.45) is 0. The van der Waals surface area contributed by atoms with Crippen LogP contribution in [0.4, 0.5) is 20.2 Å². The topological polar surface area (TPSA) is 55.1 Å². The SMILES string of the molecule is Cc1cc(N)ccc1SCC(=O)Nc1ccc(F)c(F)c1. The maximum Gasteiger partial charge on any atom is 0.234 e. The Morgan fingerprint density at radius 2 is 1.95 bits per heavy atom. The van der Waals surface area contributed by atoms with E-state index in [2.05, 4.69) is 5.32 Å². The molecule has 3 N–H and O–H groups in total. The summed E-state index contributed by atoms with van der Waals surface area (Å²) in [7, 11) is 0. The highest BCUT2D eigenvalue weighted by molar-refractivity contribution is 8.00. The third-order valence-electron chi connectivity index (χ3n) is 2.76. The normalized spacial score (nSPS) is 10.4. The van der Waals surface area contributed by atoms with Crippen molar-refractivity contribution >= 4 is 29.0 Å². The highest BCUT2D eigenvalue weighted by Gasteiger charge is 2.08. The number of anilines is 2. The molecule has 0 atom stereocenters. The zero-order valence-electron chi connectivity index (χ0n) is 11.3. The van der Waals surface area contributed by atoms with Gasteiger partial charge in [-0.05, 0) is 42.8 Å². The first-order valence-corrected chi connectivity index (χ1v) is 7.18. The van der Waals surface area contributed by atoms with Gasteiger partial charge in [-0.15, -0.1) is 11.8 Å². The van der Waals surface area contributed by atoms with Gasteiger partial charge in [-0.2, -0.15) is 0 Å². The van der Waals surface area contributed by atoms with Crippen LogP contribution in [0.3, 0.4) is 0 Å². The van der Waals surface area contributed by atoms with Gasteiger partial charge in [-0.25, -0.2) is 8.78 Å². The van der Waals surface area contributed by atoms with Crippen molar-refractivity contribution in [2.24, 2.45) is 0 Å². The van der Waals surface area contributed by atoms with Crippen molar-refractivity contribution in [1.29, 1.82) is 0 Å². The maximum atomic E-state index is 13.0. The number of carbonyl (C=O) groups is 1. The lowest BCUT2D eigenvalue weighted by molar-refractivity contribution is -0.113. The Balaban J connectivity index is 1.94. The standard InChI is InChI=1S/C15H14F2N2OS/c1-9-6-10(18)2-5-14(9)21-8-15(20)19-11-3-4-12(16)13(17)7-11/h2-7H,8,18H2,1H3,(H,19,20). The Bertz CT molecular complexity index is 677. The van der Waals surface area contributed by atoms with Gasteiger partial charge < -0.3 is 11.1 Å². The largest absolute Gasteiger partial charge is 0.399 e. The summed E-state index contributed by atoms with van der Waals surface area (Å²) in [6.45, 7) is 1.91. The molecule has 1 amide bonds. The number of aryl methyl sites for hydroxylation is 1. The van der Waals surface area contributed by atoms with Gasteiger partial charge in [0.1, 0.15) is 0 Å². The van der Waals surface area contributed by atoms with E-state index in [1.165, 1.54) is 17.8 Å². The Morgan fingerprint density at radius 1 is 1.19 bits per heavy atom. The fraction of sp³-hybridized carbons (Fsp3) is 0.133. The fourth-order valence-electron chi connectivity index (χ4n) is 1.75. The Morgan fingerprint density at radius 3 is 2.62 bits per heavy atom. The molecule has 0 bridgehead atoms. The van der Waals surface area contributed by atoms with Crippen LogP contribution in [0.1, 0.15) is 5.56 Å². The van der Waals surface area contributed by atoms with Gasteiger partial charge in [0, 0.05) is 22.3 Å². The smallest absolute Gasteiger partial charge is 0.234 e. The Kier molecular flexibility index (Phi) is 4.80. The molecule has 110 valence electrons. The van der Waals surface area contributed by atoms with Gasteiger partial charge in [0.05, 0.1) is 5.75 Å². The van der Waals surface area contributed by atoms with Crippen LogP contribution in [0, 0.1) is 18.6 Å². The molecule has 6 heteroatoms. The van der Waals surface area contributed by atoms with Crippen molar-refractivity contribution in [1.82, 2.24) is 0 Å². The number of benzene rings is 2. The van der Waals surface area contributed by atoms with E-state index >= 15 is 0 Å². The van der Waals surface area contributed by atoms with Crippen molar-refractivity contribution in [2.45, 2.75) is 11.8 Å². The molecule has 2 aromatic carbocycles. The quantitative estimate of drug-likeness (QED) is 0.670. The molecule has 0 heterocycles. The van der Waals surface area contributed by atoms with E-state index < -0.39 is 11.6 Å². The summed E-state index contributed by atoms with van der Waals surface area (Å²) in [5.74, 6) is -2.05. The van der Waals surface area contributed by atoms with E-state index in [-0.39, 0.29) is 17.3 Å². The van der Waals surface area contributed by atoms with Crippen LogP contribution in [0.5, 0.6) is 0 Å². The molecule has 2 rings (SSSR count). The monoisotopic (exact) mass is 308 g/mol. The molecule has 0 aliphatic heterocycles. The predicted molar refractivity (Wildman–Crippen MR) is 81.3 cm³/mol. The number of hydrogen-bond donors (Lipinski definition) is 2. The number of halogens is 2. The lowest BCUT2D eigenvalue weighted by Gasteiger charge is -2.08. The van der Waals surface area contributed by atoms with Gasteiger partial charge in [0.15, 0.2) is 11.6 Å². The van der Waals surface area contributed by atoms with Crippen LogP contribution in [-0.2, 0) is 4.79 Å². The first kappa shape index (κ1) is 15.3. The van der Waals surface area contributed by atoms with E-state index in [9.17, 15) is 13.6 Å². The van der Waals surface area contributed by atoms with Gasteiger partial charge in [-0.1, -0.05) is 0 Å². The molecule has 0 fully saturated rings. The fourth-order valence-corrected chi connectivity index (χ4v) is 2.56. The minimum Gasteiger partial charge on any atom is -0.399 e. The van der Waals surface area contributed by atoms with Crippen molar-refractivity contribution in [3.05, 3.63) is 53.6 Å². The minimum absolute atomic E-state index is 0.170. The average molecular weight is 308 g/mol. The highest BCUT2D eigenvalue weighted by Crippen LogP contribution is 2.24. The van der Waals surface area contributed by atoms with Gasteiger partial charge in [0.2, 0.25) is 5.91 Å². The van der Waals surface area contributed by atoms with Crippen LogP contribution in [0.15, 0.2) is 41.3 Å². The van der Waals surface area contributed by atoms with Crippen molar-refractivity contribution in [2.75, 3.05) is 16.8 Å². The number of hydrogen-bond acceptors (Lipinski definition) is 3. The van der Waals surface area contributed by atoms with Crippen LogP contribution in [0.2, 0.25) is 0 Å². The van der Waals surface area contributed by atoms with Crippen molar-refractivity contribution in [3.8, 4) is 0 Å². The van der Waals surface area contributed by atoms with E-state index in [1.807, 2.05) is 19.1 Å². The summed E-state index contributed by atoms with van der Waals surface area (Å²) in [5, 5.41) is 2.52. The second-order valence-corrected chi connectivity index (χ2v) is 5.51. The summed E-state index contributed by atoms with van der Waals surface area (Å²) >= 11 is 1.36. The molecular formula is C15H14F2N2OS. The molecule has 0 radical (unpaired) electrons. The molecule has 0 unspecified atom stereocenters. The Hall–Kier alpha value is -2.08.